The smallest absolute Gasteiger partial charge is 0.233 e. The van der Waals surface area contributed by atoms with Gasteiger partial charge in [0.2, 0.25) is 5.91 Å². The number of halogens is 1. The zero-order valence-corrected chi connectivity index (χ0v) is 11.6. The first-order chi connectivity index (χ1) is 8.02. The minimum Gasteiger partial charge on any atom is -0.377 e. The average Bonchev–Trinajstić information content (AvgIpc) is 2.70. The van der Waals surface area contributed by atoms with Gasteiger partial charge in [-0.3, -0.25) is 4.79 Å². The van der Waals surface area contributed by atoms with Gasteiger partial charge >= 0.3 is 0 Å². The van der Waals surface area contributed by atoms with E-state index in [4.69, 9.17) is 23.2 Å². The van der Waals surface area contributed by atoms with Crippen molar-refractivity contribution in [2.45, 2.75) is 6.54 Å². The lowest BCUT2D eigenvalue weighted by Gasteiger charge is -2.15. The van der Waals surface area contributed by atoms with Crippen LogP contribution in [-0.2, 0) is 11.3 Å². The van der Waals surface area contributed by atoms with Crippen LogP contribution in [0, 0.1) is 0 Å². The minimum atomic E-state index is -0.0360. The molecule has 0 aliphatic heterocycles. The summed E-state index contributed by atoms with van der Waals surface area (Å²) < 4.78 is 0.717. The van der Waals surface area contributed by atoms with Crippen LogP contribution < -0.4 is 11.6 Å². The van der Waals surface area contributed by atoms with Gasteiger partial charge in [-0.15, -0.1) is 11.3 Å². The predicted octanol–water partition coefficient (Wildman–Crippen LogP) is 1.28. The molecule has 1 heterocycles. The fourth-order valence-electron chi connectivity index (χ4n) is 1.04. The molecule has 8 heteroatoms. The van der Waals surface area contributed by atoms with Crippen LogP contribution in [0.3, 0.4) is 0 Å². The molecular weight excluding hydrogens is 280 g/mol. The fourth-order valence-corrected chi connectivity index (χ4v) is 2.75. The zero-order valence-electron chi connectivity index (χ0n) is 9.22. The highest BCUT2D eigenvalue weighted by Crippen LogP contribution is 2.22. The second-order valence-corrected chi connectivity index (χ2v) is 6.01. The van der Waals surface area contributed by atoms with E-state index in [9.17, 15) is 4.79 Å². The molecule has 1 amide bonds. The molecule has 0 saturated heterocycles. The fraction of sp³-hybridized carbons (Fsp3) is 0.333. The molecule has 0 bridgehead atoms. The molecule has 0 aromatic carbocycles. The van der Waals surface area contributed by atoms with Gasteiger partial charge in [0.05, 0.1) is 16.6 Å². The number of hydrogen-bond acceptors (Lipinski definition) is 5. The summed E-state index contributed by atoms with van der Waals surface area (Å²) >= 11 is 8.39. The van der Waals surface area contributed by atoms with Crippen LogP contribution in [0.5, 0.6) is 0 Å². The van der Waals surface area contributed by atoms with Crippen LogP contribution in [-0.4, -0.2) is 28.8 Å². The number of nitrogens with zero attached hydrogens (tertiary/aromatic N) is 2. The number of hydrazone groups is 1. The van der Waals surface area contributed by atoms with E-state index >= 15 is 0 Å². The second kappa shape index (κ2) is 6.73. The topological polar surface area (TPSA) is 84.7 Å². The molecule has 5 nitrogen and oxygen atoms in total. The van der Waals surface area contributed by atoms with Crippen LogP contribution in [0.15, 0.2) is 17.2 Å². The molecule has 0 aliphatic rings. The molecule has 0 aliphatic carbocycles. The van der Waals surface area contributed by atoms with E-state index in [0.29, 0.717) is 6.54 Å². The summed E-state index contributed by atoms with van der Waals surface area (Å²) in [6.07, 6.45) is 0. The summed E-state index contributed by atoms with van der Waals surface area (Å²) in [5.74, 6) is 5.15. The van der Waals surface area contributed by atoms with Gasteiger partial charge in [0.1, 0.15) is 0 Å². The quantitative estimate of drug-likeness (QED) is 0.379. The molecule has 94 valence electrons. The zero-order chi connectivity index (χ0) is 12.8. The van der Waals surface area contributed by atoms with Crippen LogP contribution in [0.1, 0.15) is 4.88 Å². The Morgan fingerprint density at radius 2 is 2.35 bits per heavy atom. The third-order valence-electron chi connectivity index (χ3n) is 1.92. The number of carbonyl (C=O) groups is 1. The largest absolute Gasteiger partial charge is 0.377 e. The normalized spacial score (nSPS) is 11.5. The number of rotatable bonds is 4. The number of hydrogen-bond donors (Lipinski definition) is 2. The summed E-state index contributed by atoms with van der Waals surface area (Å²) in [6, 6.07) is 3.72. The first-order valence-corrected chi connectivity index (χ1v) is 6.85. The Bertz CT molecular complexity index is 421. The third-order valence-corrected chi connectivity index (χ3v) is 3.93. The summed E-state index contributed by atoms with van der Waals surface area (Å²) in [7, 11) is 1.73. The average molecular weight is 293 g/mol. The van der Waals surface area contributed by atoms with Crippen LogP contribution >= 0.6 is 34.7 Å². The first kappa shape index (κ1) is 14.1. The van der Waals surface area contributed by atoms with Crippen LogP contribution in [0.4, 0.5) is 0 Å². The number of carbonyl (C=O) groups excluding carboxylic acids is 1. The van der Waals surface area contributed by atoms with Crippen molar-refractivity contribution in [3.8, 4) is 0 Å². The molecule has 0 radical (unpaired) electrons. The highest BCUT2D eigenvalue weighted by Gasteiger charge is 2.11. The summed E-state index contributed by atoms with van der Waals surface area (Å²) in [5.41, 5.74) is 5.38. The van der Waals surface area contributed by atoms with Gasteiger partial charge in [0, 0.05) is 11.9 Å². The number of thiophene rings is 1. The molecule has 0 fully saturated rings. The minimum absolute atomic E-state index is 0.0360. The lowest BCUT2D eigenvalue weighted by molar-refractivity contribution is -0.127. The van der Waals surface area contributed by atoms with Gasteiger partial charge in [0.15, 0.2) is 5.17 Å². The highest BCUT2D eigenvalue weighted by atomic mass is 35.5. The summed E-state index contributed by atoms with van der Waals surface area (Å²) in [6.45, 7) is 0.538. The molecule has 1 aromatic rings. The lowest BCUT2D eigenvalue weighted by atomic mass is 10.4. The summed E-state index contributed by atoms with van der Waals surface area (Å²) in [5, 5.41) is 3.48. The molecule has 1 rings (SSSR count). The molecule has 4 N–H and O–H groups in total. The second-order valence-electron chi connectivity index (χ2n) is 3.21. The molecule has 17 heavy (non-hydrogen) atoms. The first-order valence-electron chi connectivity index (χ1n) is 4.67. The number of amides is 1. The van der Waals surface area contributed by atoms with Crippen molar-refractivity contribution in [3.05, 3.63) is 21.3 Å². The Morgan fingerprint density at radius 3 is 2.88 bits per heavy atom. The van der Waals surface area contributed by atoms with Gasteiger partial charge in [-0.05, 0) is 12.1 Å². The maximum atomic E-state index is 11.7. The molecule has 0 atom stereocenters. The van der Waals surface area contributed by atoms with Crippen molar-refractivity contribution in [1.29, 1.82) is 0 Å². The Labute approximate surface area is 113 Å². The third kappa shape index (κ3) is 4.84. The van der Waals surface area contributed by atoms with Gasteiger partial charge in [-0.1, -0.05) is 23.4 Å². The van der Waals surface area contributed by atoms with E-state index in [1.165, 1.54) is 11.3 Å². The molecule has 0 spiro atoms. The van der Waals surface area contributed by atoms with Crippen molar-refractivity contribution in [2.75, 3.05) is 12.8 Å². The lowest BCUT2D eigenvalue weighted by Crippen LogP contribution is -2.28. The monoisotopic (exact) mass is 292 g/mol. The van der Waals surface area contributed by atoms with Crippen molar-refractivity contribution in [1.82, 2.24) is 4.90 Å². The molecular formula is C9H13ClN4OS2. The van der Waals surface area contributed by atoms with Crippen molar-refractivity contribution >= 4 is 45.8 Å². The van der Waals surface area contributed by atoms with Gasteiger partial charge in [0.25, 0.3) is 0 Å². The van der Waals surface area contributed by atoms with Gasteiger partial charge < -0.3 is 16.5 Å². The Balaban J connectivity index is 2.42. The highest BCUT2D eigenvalue weighted by molar-refractivity contribution is 8.14. The molecule has 0 saturated carbocycles. The van der Waals surface area contributed by atoms with E-state index in [1.807, 2.05) is 12.1 Å². The van der Waals surface area contributed by atoms with Gasteiger partial charge in [-0.2, -0.15) is 5.10 Å². The SMILES string of the molecule is CN(Cc1ccc(Cl)s1)C(=O)CSC(N)=NN. The Morgan fingerprint density at radius 1 is 1.65 bits per heavy atom. The van der Waals surface area contributed by atoms with Crippen molar-refractivity contribution in [2.24, 2.45) is 16.7 Å². The number of thioether (sulfide) groups is 1. The van der Waals surface area contributed by atoms with Crippen molar-refractivity contribution < 1.29 is 4.79 Å². The van der Waals surface area contributed by atoms with E-state index in [2.05, 4.69) is 5.10 Å². The molecule has 1 aromatic heterocycles. The van der Waals surface area contributed by atoms with E-state index < -0.39 is 0 Å². The summed E-state index contributed by atoms with van der Waals surface area (Å²) in [4.78, 5) is 14.3. The Kier molecular flexibility index (Phi) is 5.60. The standard InChI is InChI=1S/C9H13ClN4OS2/c1-14(4-6-2-3-7(10)17-6)8(15)5-16-9(11)13-12/h2-3H,4-5,12H2,1H3,(H2,11,13). The van der Waals surface area contributed by atoms with E-state index in [0.717, 1.165) is 21.0 Å². The van der Waals surface area contributed by atoms with Crippen LogP contribution in [0.2, 0.25) is 4.34 Å². The van der Waals surface area contributed by atoms with Crippen molar-refractivity contribution in [3.63, 3.8) is 0 Å². The number of amidine groups is 1. The maximum absolute atomic E-state index is 11.7. The van der Waals surface area contributed by atoms with E-state index in [1.54, 1.807) is 11.9 Å². The Hall–Kier alpha value is -0.920. The number of nitrogens with two attached hydrogens (primary N) is 2. The maximum Gasteiger partial charge on any atom is 0.233 e. The van der Waals surface area contributed by atoms with Crippen LogP contribution in [0.25, 0.3) is 0 Å². The van der Waals surface area contributed by atoms with E-state index in [-0.39, 0.29) is 16.8 Å². The molecule has 0 unspecified atom stereocenters. The van der Waals surface area contributed by atoms with Gasteiger partial charge in [-0.25, -0.2) is 0 Å². The predicted molar refractivity (Wildman–Crippen MR) is 74.1 cm³/mol.